The molecule has 17 nitrogen and oxygen atoms in total. The summed E-state index contributed by atoms with van der Waals surface area (Å²) in [4.78, 5) is 0. The van der Waals surface area contributed by atoms with Gasteiger partial charge in [-0.1, -0.05) is 18.2 Å². The van der Waals surface area contributed by atoms with E-state index in [-0.39, 0.29) is 12.4 Å². The molecule has 3 heterocycles. The number of hydrogen-bond donors (Lipinski definition) is 11. The van der Waals surface area contributed by atoms with Crippen molar-refractivity contribution in [1.82, 2.24) is 0 Å². The number of hydrogen-bond acceptors (Lipinski definition) is 17. The van der Waals surface area contributed by atoms with E-state index in [1.807, 2.05) is 0 Å². The highest BCUT2D eigenvalue weighted by Crippen LogP contribution is 2.33. The van der Waals surface area contributed by atoms with E-state index in [4.69, 9.17) is 28.4 Å². The van der Waals surface area contributed by atoms with Crippen LogP contribution in [0, 0.1) is 0 Å². The van der Waals surface area contributed by atoms with E-state index in [1.54, 1.807) is 18.2 Å². The Morgan fingerprint density at radius 2 is 0.976 bits per heavy atom. The van der Waals surface area contributed by atoms with Crippen molar-refractivity contribution in [2.24, 2.45) is 0 Å². The fraction of sp³-hybridized carbons (Fsp3) is 0.760. The predicted octanol–water partition coefficient (Wildman–Crippen LogP) is -5.99. The molecular formula is C25H38O17. The second-order valence-corrected chi connectivity index (χ2v) is 10.2. The van der Waals surface area contributed by atoms with Gasteiger partial charge in [0, 0.05) is 5.56 Å². The Balaban J connectivity index is 1.44. The molecule has 17 heteroatoms. The van der Waals surface area contributed by atoms with Crippen molar-refractivity contribution < 1.29 is 84.6 Å². The molecule has 0 bridgehead atoms. The van der Waals surface area contributed by atoms with Crippen molar-refractivity contribution in [2.45, 2.75) is 98.7 Å². The lowest BCUT2D eigenvalue weighted by Gasteiger charge is -2.48. The average molecular weight is 611 g/mol. The van der Waals surface area contributed by atoms with Gasteiger partial charge in [0.15, 0.2) is 12.6 Å². The summed E-state index contributed by atoms with van der Waals surface area (Å²) in [5.41, 5.74) is 0.366. The molecule has 240 valence electrons. The molecule has 3 saturated heterocycles. The number of aliphatic hydroxyl groups excluding tert-OH is 11. The first-order chi connectivity index (χ1) is 20.1. The Hall–Kier alpha value is -1.62. The van der Waals surface area contributed by atoms with Gasteiger partial charge < -0.3 is 84.6 Å². The zero-order valence-corrected chi connectivity index (χ0v) is 22.2. The van der Waals surface area contributed by atoms with Crippen molar-refractivity contribution in [1.29, 1.82) is 0 Å². The van der Waals surface area contributed by atoms with E-state index in [0.717, 1.165) is 0 Å². The summed E-state index contributed by atoms with van der Waals surface area (Å²) in [7, 11) is 0. The molecule has 0 aromatic heterocycles. The van der Waals surface area contributed by atoms with Crippen molar-refractivity contribution in [3.63, 3.8) is 0 Å². The summed E-state index contributed by atoms with van der Waals surface area (Å²) >= 11 is 0. The lowest BCUT2D eigenvalue weighted by molar-refractivity contribution is -0.376. The van der Waals surface area contributed by atoms with Gasteiger partial charge in [-0.15, -0.1) is 0 Å². The Bertz CT molecular complexity index is 980. The normalized spacial score (nSPS) is 44.6. The highest BCUT2D eigenvalue weighted by atomic mass is 16.8. The topological polar surface area (TPSA) is 278 Å². The first kappa shape index (κ1) is 33.3. The molecule has 3 aliphatic rings. The molecule has 3 fully saturated rings. The summed E-state index contributed by atoms with van der Waals surface area (Å²) in [6, 6.07) is 6.31. The van der Waals surface area contributed by atoms with E-state index in [2.05, 4.69) is 0 Å². The summed E-state index contributed by atoms with van der Waals surface area (Å²) in [5, 5.41) is 112. The molecule has 0 saturated carbocycles. The van der Waals surface area contributed by atoms with E-state index in [0.29, 0.717) is 5.56 Å². The van der Waals surface area contributed by atoms with Crippen LogP contribution in [-0.4, -0.2) is 168 Å². The summed E-state index contributed by atoms with van der Waals surface area (Å²) in [6.45, 7) is -2.72. The molecule has 0 amide bonds. The van der Waals surface area contributed by atoms with Crippen LogP contribution in [0.4, 0.5) is 0 Å². The summed E-state index contributed by atoms with van der Waals surface area (Å²) < 4.78 is 33.1. The van der Waals surface area contributed by atoms with Gasteiger partial charge in [-0.25, -0.2) is 0 Å². The number of aliphatic hydroxyl groups is 11. The van der Waals surface area contributed by atoms with E-state index < -0.39 is 112 Å². The maximum Gasteiger partial charge on any atom is 0.229 e. The molecule has 0 spiro atoms. The number of para-hydroxylation sites is 1. The molecule has 0 aliphatic carbocycles. The fourth-order valence-electron chi connectivity index (χ4n) is 5.02. The van der Waals surface area contributed by atoms with Crippen LogP contribution in [-0.2, 0) is 30.3 Å². The van der Waals surface area contributed by atoms with Crippen molar-refractivity contribution in [3.05, 3.63) is 29.8 Å². The second kappa shape index (κ2) is 14.4. The fourth-order valence-corrected chi connectivity index (χ4v) is 5.02. The van der Waals surface area contributed by atoms with Crippen LogP contribution < -0.4 is 4.74 Å². The van der Waals surface area contributed by atoms with Crippen molar-refractivity contribution >= 4 is 0 Å². The largest absolute Gasteiger partial charge is 0.462 e. The van der Waals surface area contributed by atoms with Crippen LogP contribution in [0.3, 0.4) is 0 Å². The minimum Gasteiger partial charge on any atom is -0.462 e. The molecule has 42 heavy (non-hydrogen) atoms. The SMILES string of the molecule is OCc1ccccc1O[C@@H]1O[C@H](CO)[C@@H](O[C@H]2O[C@H](CO)[C@@H](O[C@H]3O[C@H](CO)[C@@H](O)[C@H](O)[C@H]3O)[C@H](O)[C@H]2O)[C@H](O)[C@H]1O. The molecule has 3 aliphatic heterocycles. The van der Waals surface area contributed by atoms with Gasteiger partial charge in [-0.2, -0.15) is 0 Å². The van der Waals surface area contributed by atoms with E-state index >= 15 is 0 Å². The lowest BCUT2D eigenvalue weighted by Crippen LogP contribution is -2.66. The first-order valence-corrected chi connectivity index (χ1v) is 13.3. The number of ether oxygens (including phenoxy) is 6. The number of benzene rings is 1. The minimum atomic E-state index is -1.93. The molecular weight excluding hydrogens is 572 g/mol. The summed E-state index contributed by atoms with van der Waals surface area (Å²) in [6.07, 6.45) is -25.0. The van der Waals surface area contributed by atoms with Crippen LogP contribution in [0.15, 0.2) is 24.3 Å². The predicted molar refractivity (Wildman–Crippen MR) is 132 cm³/mol. The van der Waals surface area contributed by atoms with Gasteiger partial charge in [-0.3, -0.25) is 0 Å². The molecule has 4 rings (SSSR count). The van der Waals surface area contributed by atoms with Gasteiger partial charge in [0.2, 0.25) is 6.29 Å². The zero-order valence-electron chi connectivity index (χ0n) is 22.2. The second-order valence-electron chi connectivity index (χ2n) is 10.2. The Kier molecular flexibility index (Phi) is 11.4. The molecule has 11 N–H and O–H groups in total. The first-order valence-electron chi connectivity index (χ1n) is 13.3. The molecule has 1 aromatic rings. The van der Waals surface area contributed by atoms with Crippen molar-refractivity contribution in [2.75, 3.05) is 19.8 Å². The zero-order chi connectivity index (χ0) is 30.7. The third-order valence-electron chi connectivity index (χ3n) is 7.46. The van der Waals surface area contributed by atoms with Crippen LogP contribution in [0.2, 0.25) is 0 Å². The summed E-state index contributed by atoms with van der Waals surface area (Å²) in [5.74, 6) is 0.151. The molecule has 1 aromatic carbocycles. The van der Waals surface area contributed by atoms with Gasteiger partial charge in [-0.05, 0) is 6.07 Å². The van der Waals surface area contributed by atoms with Crippen LogP contribution in [0.25, 0.3) is 0 Å². The smallest absolute Gasteiger partial charge is 0.229 e. The van der Waals surface area contributed by atoms with Gasteiger partial charge in [0.1, 0.15) is 79.0 Å². The van der Waals surface area contributed by atoms with Crippen LogP contribution >= 0.6 is 0 Å². The lowest BCUT2D eigenvalue weighted by atomic mass is 9.96. The monoisotopic (exact) mass is 610 g/mol. The highest BCUT2D eigenvalue weighted by Gasteiger charge is 2.53. The average Bonchev–Trinajstić information content (AvgIpc) is 3.00. The van der Waals surface area contributed by atoms with Gasteiger partial charge in [0.05, 0.1) is 26.4 Å². The Labute approximate surface area is 239 Å². The Morgan fingerprint density at radius 3 is 1.50 bits per heavy atom. The molecule has 0 radical (unpaired) electrons. The highest BCUT2D eigenvalue weighted by molar-refractivity contribution is 5.32. The Morgan fingerprint density at radius 1 is 0.524 bits per heavy atom. The third kappa shape index (κ3) is 6.71. The maximum absolute atomic E-state index is 10.8. The van der Waals surface area contributed by atoms with Gasteiger partial charge >= 0.3 is 0 Å². The standard InChI is InChI=1S/C25H38O17/c26-5-9-3-1-2-4-10(9)37-23-19(35)16(32)21(12(7-28)39-23)42-25-20(36)17(33)22(13(8-29)40-25)41-24-18(34)15(31)14(30)11(6-27)38-24/h1-4,11-36H,5-8H2/t11-,12-,13-,14-,15+,16-,17-,18-,19-,20-,21-,22-,23-,24-,25-/m1/s1. The third-order valence-corrected chi connectivity index (χ3v) is 7.46. The maximum atomic E-state index is 10.8. The van der Waals surface area contributed by atoms with Crippen molar-refractivity contribution in [3.8, 4) is 5.75 Å². The van der Waals surface area contributed by atoms with Crippen LogP contribution in [0.5, 0.6) is 5.75 Å². The van der Waals surface area contributed by atoms with Crippen LogP contribution in [0.1, 0.15) is 5.56 Å². The van der Waals surface area contributed by atoms with E-state index in [9.17, 15) is 56.2 Å². The minimum absolute atomic E-state index is 0.151. The quantitative estimate of drug-likeness (QED) is 0.118. The molecule has 15 atom stereocenters. The molecule has 0 unspecified atom stereocenters. The van der Waals surface area contributed by atoms with Gasteiger partial charge in [0.25, 0.3) is 0 Å². The van der Waals surface area contributed by atoms with E-state index in [1.165, 1.54) is 6.07 Å². The number of rotatable bonds is 10.